The number of carboxylic acid groups (broad SMARTS) is 1. The molecule has 0 aliphatic heterocycles. The van der Waals surface area contributed by atoms with E-state index in [0.29, 0.717) is 25.2 Å². The Labute approximate surface area is 124 Å². The predicted octanol–water partition coefficient (Wildman–Crippen LogP) is 2.81. The number of carbonyl (C=O) groups is 2. The third-order valence-corrected chi connectivity index (χ3v) is 2.49. The third-order valence-electron chi connectivity index (χ3n) is 2.49. The number of esters is 1. The van der Waals surface area contributed by atoms with Crippen LogP contribution in [0.2, 0.25) is 0 Å². The first-order valence-electron chi connectivity index (χ1n) is 6.91. The zero-order valence-corrected chi connectivity index (χ0v) is 12.7. The van der Waals surface area contributed by atoms with E-state index in [-0.39, 0.29) is 12.4 Å². The van der Waals surface area contributed by atoms with Gasteiger partial charge in [0.1, 0.15) is 11.4 Å². The van der Waals surface area contributed by atoms with Crippen LogP contribution in [-0.4, -0.2) is 29.3 Å². The molecular weight excluding hydrogens is 272 g/mol. The Balaban J connectivity index is 2.27. The lowest BCUT2D eigenvalue weighted by molar-refractivity contribution is -0.155. The number of carboxylic acids is 1. The molecule has 0 saturated heterocycles. The minimum absolute atomic E-state index is 0.00107. The van der Waals surface area contributed by atoms with E-state index in [2.05, 4.69) is 0 Å². The molecule has 0 radical (unpaired) electrons. The number of carbonyl (C=O) groups excluding carboxylic acids is 1. The van der Waals surface area contributed by atoms with E-state index in [1.165, 1.54) is 0 Å². The van der Waals surface area contributed by atoms with Crippen molar-refractivity contribution in [1.29, 1.82) is 0 Å². The maximum atomic E-state index is 11.5. The zero-order valence-electron chi connectivity index (χ0n) is 12.7. The molecule has 0 atom stereocenters. The summed E-state index contributed by atoms with van der Waals surface area (Å²) in [5, 5.41) is 8.67. The Kier molecular flexibility index (Phi) is 6.21. The Bertz CT molecular complexity index is 470. The van der Waals surface area contributed by atoms with Gasteiger partial charge in [0.05, 0.1) is 13.0 Å². The van der Waals surface area contributed by atoms with Crippen LogP contribution in [0.25, 0.3) is 0 Å². The second-order valence-corrected chi connectivity index (χ2v) is 5.75. The molecular formula is C16H22O5. The molecule has 0 fully saturated rings. The standard InChI is InChI=1S/C16H22O5/c1-16(2,3)21-15(19)5-4-10-20-13-8-6-12(7-9-13)11-14(17)18/h6-9H,4-5,10-11H2,1-3H3,(H,17,18). The molecule has 1 aromatic rings. The van der Waals surface area contributed by atoms with Gasteiger partial charge in [-0.3, -0.25) is 9.59 Å². The van der Waals surface area contributed by atoms with Gasteiger partial charge in [0, 0.05) is 6.42 Å². The summed E-state index contributed by atoms with van der Waals surface area (Å²) in [7, 11) is 0. The topological polar surface area (TPSA) is 72.8 Å². The van der Waals surface area contributed by atoms with Crippen LogP contribution < -0.4 is 4.74 Å². The molecule has 0 aromatic heterocycles. The van der Waals surface area contributed by atoms with Crippen LogP contribution in [0.15, 0.2) is 24.3 Å². The van der Waals surface area contributed by atoms with Gasteiger partial charge in [0.25, 0.3) is 0 Å². The van der Waals surface area contributed by atoms with Crippen molar-refractivity contribution in [3.8, 4) is 5.75 Å². The minimum atomic E-state index is -0.860. The quantitative estimate of drug-likeness (QED) is 0.618. The fourth-order valence-corrected chi connectivity index (χ4v) is 1.68. The van der Waals surface area contributed by atoms with Crippen molar-refractivity contribution in [2.75, 3.05) is 6.61 Å². The van der Waals surface area contributed by atoms with Crippen molar-refractivity contribution in [1.82, 2.24) is 0 Å². The average molecular weight is 294 g/mol. The maximum Gasteiger partial charge on any atom is 0.307 e. The van der Waals surface area contributed by atoms with Gasteiger partial charge in [-0.05, 0) is 44.9 Å². The van der Waals surface area contributed by atoms with E-state index < -0.39 is 11.6 Å². The Morgan fingerprint density at radius 3 is 2.29 bits per heavy atom. The van der Waals surface area contributed by atoms with Gasteiger partial charge < -0.3 is 14.6 Å². The van der Waals surface area contributed by atoms with Crippen molar-refractivity contribution < 1.29 is 24.2 Å². The van der Waals surface area contributed by atoms with Gasteiger partial charge in [0.2, 0.25) is 0 Å². The molecule has 0 unspecified atom stereocenters. The molecule has 0 saturated carbocycles. The lowest BCUT2D eigenvalue weighted by atomic mass is 10.1. The monoisotopic (exact) mass is 294 g/mol. The van der Waals surface area contributed by atoms with Crippen LogP contribution in [-0.2, 0) is 20.7 Å². The molecule has 5 nitrogen and oxygen atoms in total. The molecule has 0 aliphatic rings. The lowest BCUT2D eigenvalue weighted by Crippen LogP contribution is -2.23. The van der Waals surface area contributed by atoms with E-state index in [9.17, 15) is 9.59 Å². The van der Waals surface area contributed by atoms with Gasteiger partial charge in [-0.1, -0.05) is 12.1 Å². The van der Waals surface area contributed by atoms with Crippen LogP contribution in [0.4, 0.5) is 0 Å². The molecule has 0 spiro atoms. The molecule has 116 valence electrons. The first-order valence-corrected chi connectivity index (χ1v) is 6.91. The van der Waals surface area contributed by atoms with Crippen LogP contribution in [0.1, 0.15) is 39.2 Å². The Hall–Kier alpha value is -2.04. The minimum Gasteiger partial charge on any atom is -0.494 e. The summed E-state index contributed by atoms with van der Waals surface area (Å²) < 4.78 is 10.7. The second kappa shape index (κ2) is 7.67. The Morgan fingerprint density at radius 2 is 1.76 bits per heavy atom. The van der Waals surface area contributed by atoms with Gasteiger partial charge in [-0.25, -0.2) is 0 Å². The van der Waals surface area contributed by atoms with Crippen molar-refractivity contribution in [2.45, 2.75) is 45.6 Å². The lowest BCUT2D eigenvalue weighted by Gasteiger charge is -2.19. The summed E-state index contributed by atoms with van der Waals surface area (Å²) in [6, 6.07) is 6.89. The molecule has 0 aliphatic carbocycles. The van der Waals surface area contributed by atoms with E-state index in [0.717, 1.165) is 5.56 Å². The third kappa shape index (κ3) is 7.97. The molecule has 0 heterocycles. The van der Waals surface area contributed by atoms with E-state index >= 15 is 0 Å². The van der Waals surface area contributed by atoms with Crippen LogP contribution in [0.5, 0.6) is 5.75 Å². The van der Waals surface area contributed by atoms with Gasteiger partial charge in [-0.15, -0.1) is 0 Å². The van der Waals surface area contributed by atoms with Gasteiger partial charge in [-0.2, -0.15) is 0 Å². The number of rotatable bonds is 7. The maximum absolute atomic E-state index is 11.5. The first-order chi connectivity index (χ1) is 9.76. The van der Waals surface area contributed by atoms with Crippen LogP contribution >= 0.6 is 0 Å². The summed E-state index contributed by atoms with van der Waals surface area (Å²) in [4.78, 5) is 22.0. The molecule has 0 bridgehead atoms. The summed E-state index contributed by atoms with van der Waals surface area (Å²) in [5.74, 6) is -0.433. The van der Waals surface area contributed by atoms with E-state index in [4.69, 9.17) is 14.6 Å². The highest BCUT2D eigenvalue weighted by molar-refractivity contribution is 5.70. The molecule has 21 heavy (non-hydrogen) atoms. The molecule has 1 aromatic carbocycles. The van der Waals surface area contributed by atoms with Crippen LogP contribution in [0.3, 0.4) is 0 Å². The SMILES string of the molecule is CC(C)(C)OC(=O)CCCOc1ccc(CC(=O)O)cc1. The number of hydrogen-bond acceptors (Lipinski definition) is 4. The fourth-order valence-electron chi connectivity index (χ4n) is 1.68. The second-order valence-electron chi connectivity index (χ2n) is 5.75. The highest BCUT2D eigenvalue weighted by Gasteiger charge is 2.15. The summed E-state index contributed by atoms with van der Waals surface area (Å²) in [5.41, 5.74) is 0.265. The van der Waals surface area contributed by atoms with E-state index in [1.54, 1.807) is 24.3 Å². The largest absolute Gasteiger partial charge is 0.494 e. The number of ether oxygens (including phenoxy) is 2. The van der Waals surface area contributed by atoms with Crippen molar-refractivity contribution in [3.05, 3.63) is 29.8 Å². The van der Waals surface area contributed by atoms with Crippen molar-refractivity contribution >= 4 is 11.9 Å². The van der Waals surface area contributed by atoms with Gasteiger partial charge in [0.15, 0.2) is 0 Å². The van der Waals surface area contributed by atoms with Gasteiger partial charge >= 0.3 is 11.9 Å². The molecule has 0 amide bonds. The number of benzene rings is 1. The molecule has 1 rings (SSSR count). The summed E-state index contributed by atoms with van der Waals surface area (Å²) >= 11 is 0. The average Bonchev–Trinajstić information content (AvgIpc) is 2.34. The number of aliphatic carboxylic acids is 1. The summed E-state index contributed by atoms with van der Waals surface area (Å²) in [6.07, 6.45) is 0.888. The van der Waals surface area contributed by atoms with Crippen molar-refractivity contribution in [2.24, 2.45) is 0 Å². The summed E-state index contributed by atoms with van der Waals surface area (Å²) in [6.45, 7) is 5.91. The molecule has 5 heteroatoms. The fraction of sp³-hybridized carbons (Fsp3) is 0.500. The number of hydrogen-bond donors (Lipinski definition) is 1. The highest BCUT2D eigenvalue weighted by Crippen LogP contribution is 2.14. The smallest absolute Gasteiger partial charge is 0.307 e. The highest BCUT2D eigenvalue weighted by atomic mass is 16.6. The Morgan fingerprint density at radius 1 is 1.14 bits per heavy atom. The zero-order chi connectivity index (χ0) is 15.9. The normalized spacial score (nSPS) is 11.0. The van der Waals surface area contributed by atoms with E-state index in [1.807, 2.05) is 20.8 Å². The van der Waals surface area contributed by atoms with Crippen molar-refractivity contribution in [3.63, 3.8) is 0 Å². The van der Waals surface area contributed by atoms with Crippen LogP contribution in [0, 0.1) is 0 Å². The first kappa shape index (κ1) is 17.0. The predicted molar refractivity (Wildman–Crippen MR) is 78.4 cm³/mol. The molecule has 1 N–H and O–H groups in total.